The van der Waals surface area contributed by atoms with Gasteiger partial charge in [-0.05, 0) is 25.0 Å². The van der Waals surface area contributed by atoms with Gasteiger partial charge < -0.3 is 10.0 Å². The molecule has 2 fully saturated rings. The first-order valence-corrected chi connectivity index (χ1v) is 8.73. The quantitative estimate of drug-likeness (QED) is 0.826. The summed E-state index contributed by atoms with van der Waals surface area (Å²) in [5, 5.41) is 10.0. The van der Waals surface area contributed by atoms with Gasteiger partial charge in [0.2, 0.25) is 11.8 Å². The van der Waals surface area contributed by atoms with Gasteiger partial charge in [-0.3, -0.25) is 19.4 Å². The summed E-state index contributed by atoms with van der Waals surface area (Å²) in [6.45, 7) is 5.09. The Morgan fingerprint density at radius 1 is 1.04 bits per heavy atom. The summed E-state index contributed by atoms with van der Waals surface area (Å²) in [6.07, 6.45) is 2.22. The predicted molar refractivity (Wildman–Crippen MR) is 98.9 cm³/mol. The first-order valence-electron chi connectivity index (χ1n) is 8.73. The van der Waals surface area contributed by atoms with Crippen molar-refractivity contribution >= 4 is 29.9 Å². The number of aromatic hydroxyl groups is 1. The molecule has 3 rings (SSSR count). The molecule has 1 atom stereocenters. The Morgan fingerprint density at radius 2 is 1.64 bits per heavy atom. The van der Waals surface area contributed by atoms with Gasteiger partial charge in [0.25, 0.3) is 0 Å². The molecule has 138 valence electrons. The Kier molecular flexibility index (Phi) is 6.67. The normalized spacial score (nSPS) is 20.4. The van der Waals surface area contributed by atoms with E-state index in [0.717, 1.165) is 38.3 Å². The number of phenolic OH excluding ortho intramolecular Hbond substituents is 1. The number of carbonyl (C=O) groups excluding carboxylic acids is 2. The summed E-state index contributed by atoms with van der Waals surface area (Å²) in [6, 6.07) is 7.35. The largest absolute Gasteiger partial charge is 0.506 e. The average Bonchev–Trinajstić information content (AvgIpc) is 2.59. The molecule has 1 N–H and O–H groups in total. The van der Waals surface area contributed by atoms with E-state index in [4.69, 9.17) is 0 Å². The molecule has 0 spiro atoms. The number of hydrogen-bond acceptors (Lipinski definition) is 5. The van der Waals surface area contributed by atoms with Crippen LogP contribution in [0.25, 0.3) is 0 Å². The smallest absolute Gasteiger partial charge is 0.230 e. The van der Waals surface area contributed by atoms with Crippen molar-refractivity contribution in [1.82, 2.24) is 9.80 Å². The van der Waals surface area contributed by atoms with Gasteiger partial charge in [-0.15, -0.1) is 12.4 Å². The van der Waals surface area contributed by atoms with Crippen LogP contribution in [-0.2, 0) is 9.59 Å². The van der Waals surface area contributed by atoms with Crippen molar-refractivity contribution < 1.29 is 14.7 Å². The van der Waals surface area contributed by atoms with Crippen LogP contribution in [0, 0.1) is 0 Å². The van der Waals surface area contributed by atoms with Crippen molar-refractivity contribution in [3.8, 4) is 5.75 Å². The fourth-order valence-electron chi connectivity index (χ4n) is 3.70. The van der Waals surface area contributed by atoms with Crippen molar-refractivity contribution in [3.05, 3.63) is 24.3 Å². The van der Waals surface area contributed by atoms with Crippen LogP contribution in [0.1, 0.15) is 32.6 Å². The second-order valence-corrected chi connectivity index (χ2v) is 6.41. The third-order valence-electron chi connectivity index (χ3n) is 4.94. The van der Waals surface area contributed by atoms with Crippen molar-refractivity contribution in [2.45, 2.75) is 38.8 Å². The summed E-state index contributed by atoms with van der Waals surface area (Å²) in [7, 11) is 0. The molecule has 2 heterocycles. The molecule has 25 heavy (non-hydrogen) atoms. The molecular weight excluding hydrogens is 342 g/mol. The van der Waals surface area contributed by atoms with E-state index < -0.39 is 0 Å². The molecule has 0 aromatic heterocycles. The van der Waals surface area contributed by atoms with Crippen molar-refractivity contribution in [2.75, 3.05) is 31.1 Å². The monoisotopic (exact) mass is 367 g/mol. The van der Waals surface area contributed by atoms with E-state index in [1.807, 2.05) is 25.1 Å². The molecule has 0 aliphatic carbocycles. The maximum atomic E-state index is 12.2. The molecule has 6 nitrogen and oxygen atoms in total. The number of carbonyl (C=O) groups is 2. The van der Waals surface area contributed by atoms with E-state index in [0.29, 0.717) is 25.0 Å². The lowest BCUT2D eigenvalue weighted by Gasteiger charge is -2.44. The molecule has 1 unspecified atom stereocenters. The molecule has 2 aliphatic heterocycles. The van der Waals surface area contributed by atoms with Crippen molar-refractivity contribution in [1.29, 1.82) is 0 Å². The molecule has 1 aromatic rings. The van der Waals surface area contributed by atoms with Gasteiger partial charge in [-0.2, -0.15) is 0 Å². The molecule has 0 bridgehead atoms. The first-order chi connectivity index (χ1) is 11.6. The van der Waals surface area contributed by atoms with Gasteiger partial charge in [0.15, 0.2) is 0 Å². The van der Waals surface area contributed by atoms with Crippen LogP contribution < -0.4 is 4.90 Å². The van der Waals surface area contributed by atoms with Crippen LogP contribution in [0.5, 0.6) is 5.75 Å². The Hall–Kier alpha value is -1.79. The van der Waals surface area contributed by atoms with Gasteiger partial charge in [0.1, 0.15) is 5.75 Å². The predicted octanol–water partition coefficient (Wildman–Crippen LogP) is 2.21. The van der Waals surface area contributed by atoms with Crippen LogP contribution in [0.2, 0.25) is 0 Å². The number of halogens is 1. The zero-order valence-electron chi connectivity index (χ0n) is 14.6. The molecule has 0 radical (unpaired) electrons. The number of piperazine rings is 1. The van der Waals surface area contributed by atoms with E-state index >= 15 is 0 Å². The van der Waals surface area contributed by atoms with E-state index in [9.17, 15) is 14.7 Å². The van der Waals surface area contributed by atoms with Crippen LogP contribution in [0.3, 0.4) is 0 Å². The van der Waals surface area contributed by atoms with Crippen molar-refractivity contribution in [2.24, 2.45) is 0 Å². The molecular formula is C18H26ClN3O3. The summed E-state index contributed by atoms with van der Waals surface area (Å²) < 4.78 is 0. The lowest BCUT2D eigenvalue weighted by Crippen LogP contribution is -2.59. The summed E-state index contributed by atoms with van der Waals surface area (Å²) >= 11 is 0. The van der Waals surface area contributed by atoms with E-state index in [1.54, 1.807) is 6.07 Å². The highest BCUT2D eigenvalue weighted by Crippen LogP contribution is 2.28. The second-order valence-electron chi connectivity index (χ2n) is 6.41. The van der Waals surface area contributed by atoms with E-state index in [-0.39, 0.29) is 30.4 Å². The topological polar surface area (TPSA) is 64.1 Å². The van der Waals surface area contributed by atoms with Crippen LogP contribution >= 0.6 is 12.4 Å². The maximum absolute atomic E-state index is 12.2. The number of imide groups is 1. The maximum Gasteiger partial charge on any atom is 0.230 e. The third kappa shape index (κ3) is 4.07. The molecule has 0 saturated carbocycles. The standard InChI is InChI=1S/C18H25N3O3.ClH/c1-2-16(21-17(23)8-5-9-18(21)24)20-12-10-19(11-13-20)14-6-3-4-7-15(14)22;/h3-4,6-7,16,22H,2,5,8-13H2,1H3;1H. The number of rotatable bonds is 4. The summed E-state index contributed by atoms with van der Waals surface area (Å²) in [5.41, 5.74) is 0.843. The van der Waals surface area contributed by atoms with Gasteiger partial charge in [0.05, 0.1) is 11.9 Å². The van der Waals surface area contributed by atoms with Crippen LogP contribution in [0.4, 0.5) is 5.69 Å². The third-order valence-corrected chi connectivity index (χ3v) is 4.94. The first kappa shape index (κ1) is 19.5. The number of amides is 2. The Bertz CT molecular complexity index is 601. The molecule has 2 aliphatic rings. The molecule has 1 aromatic carbocycles. The van der Waals surface area contributed by atoms with Gasteiger partial charge >= 0.3 is 0 Å². The zero-order valence-corrected chi connectivity index (χ0v) is 15.4. The lowest BCUT2D eigenvalue weighted by atomic mass is 10.1. The molecule has 2 amide bonds. The van der Waals surface area contributed by atoms with Gasteiger partial charge in [-0.1, -0.05) is 19.1 Å². The van der Waals surface area contributed by atoms with Gasteiger partial charge in [0, 0.05) is 39.0 Å². The fraction of sp³-hybridized carbons (Fsp3) is 0.556. The Balaban J connectivity index is 0.00000225. The Labute approximate surface area is 154 Å². The highest BCUT2D eigenvalue weighted by molar-refractivity contribution is 5.97. The number of anilines is 1. The highest BCUT2D eigenvalue weighted by Gasteiger charge is 2.36. The van der Waals surface area contributed by atoms with Crippen LogP contribution in [0.15, 0.2) is 24.3 Å². The number of para-hydroxylation sites is 2. The number of hydrogen-bond donors (Lipinski definition) is 1. The number of piperidine rings is 1. The van der Waals surface area contributed by atoms with Crippen LogP contribution in [-0.4, -0.2) is 59.1 Å². The molecule has 7 heteroatoms. The fourth-order valence-corrected chi connectivity index (χ4v) is 3.70. The summed E-state index contributed by atoms with van der Waals surface area (Å²) in [4.78, 5) is 30.3. The number of phenols is 1. The second kappa shape index (κ2) is 8.54. The minimum atomic E-state index is -0.142. The molecule has 2 saturated heterocycles. The zero-order chi connectivity index (χ0) is 17.1. The summed E-state index contributed by atoms with van der Waals surface area (Å²) in [5.74, 6) is 0.210. The van der Waals surface area contributed by atoms with E-state index in [2.05, 4.69) is 9.80 Å². The number of nitrogens with zero attached hydrogens (tertiary/aromatic N) is 3. The number of benzene rings is 1. The average molecular weight is 368 g/mol. The number of likely N-dealkylation sites (tertiary alicyclic amines) is 1. The lowest BCUT2D eigenvalue weighted by molar-refractivity contribution is -0.156. The highest BCUT2D eigenvalue weighted by atomic mass is 35.5. The Morgan fingerprint density at radius 3 is 2.20 bits per heavy atom. The SMILES string of the molecule is CCC(N1CCN(c2ccccc2O)CC1)N1C(=O)CCCC1=O.Cl. The van der Waals surface area contributed by atoms with E-state index in [1.165, 1.54) is 4.90 Å². The minimum Gasteiger partial charge on any atom is -0.506 e. The minimum absolute atomic E-state index is 0. The van der Waals surface area contributed by atoms with Crippen molar-refractivity contribution in [3.63, 3.8) is 0 Å². The van der Waals surface area contributed by atoms with Gasteiger partial charge in [-0.25, -0.2) is 0 Å².